The van der Waals surface area contributed by atoms with E-state index in [1.54, 1.807) is 4.90 Å². The number of hydrogen-bond donors (Lipinski definition) is 1. The number of sulfone groups is 1. The molecule has 0 radical (unpaired) electrons. The van der Waals surface area contributed by atoms with Crippen LogP contribution in [0.2, 0.25) is 0 Å². The molecule has 1 aliphatic rings. The van der Waals surface area contributed by atoms with Gasteiger partial charge in [0, 0.05) is 12.6 Å². The van der Waals surface area contributed by atoms with Crippen molar-refractivity contribution in [1.82, 2.24) is 4.90 Å². The zero-order chi connectivity index (χ0) is 15.6. The number of aliphatic carboxylic acids is 1. The molecule has 0 bridgehead atoms. The molecule has 0 spiro atoms. The minimum absolute atomic E-state index is 0.0636. The first kappa shape index (κ1) is 15.4. The molecular weight excluding hydrogens is 304 g/mol. The fourth-order valence-electron chi connectivity index (χ4n) is 2.27. The van der Waals surface area contributed by atoms with Gasteiger partial charge in [0.2, 0.25) is 0 Å². The topological polar surface area (TPSA) is 131 Å². The molecule has 116 valence electrons. The summed E-state index contributed by atoms with van der Waals surface area (Å²) in [5.41, 5.74) is 0. The van der Waals surface area contributed by atoms with Gasteiger partial charge in [-0.2, -0.15) is 0 Å². The van der Waals surface area contributed by atoms with Crippen LogP contribution in [0.15, 0.2) is 16.5 Å². The number of carboxylic acids is 1. The van der Waals surface area contributed by atoms with Crippen LogP contribution >= 0.6 is 0 Å². The second kappa shape index (κ2) is 5.82. The smallest absolute Gasteiger partial charge is 0.433 e. The Hall–Kier alpha value is -1.94. The summed E-state index contributed by atoms with van der Waals surface area (Å²) in [7, 11) is -3.25. The minimum atomic E-state index is -3.25. The van der Waals surface area contributed by atoms with Gasteiger partial charge < -0.3 is 9.52 Å². The van der Waals surface area contributed by atoms with Crippen molar-refractivity contribution < 1.29 is 27.7 Å². The quantitative estimate of drug-likeness (QED) is 0.604. The van der Waals surface area contributed by atoms with Crippen LogP contribution in [0.5, 0.6) is 0 Å². The van der Waals surface area contributed by atoms with E-state index >= 15 is 0 Å². The van der Waals surface area contributed by atoms with E-state index in [0.717, 1.165) is 0 Å². The summed E-state index contributed by atoms with van der Waals surface area (Å²) in [6.45, 7) is 0.316. The molecule has 0 aromatic carbocycles. The highest BCUT2D eigenvalue weighted by molar-refractivity contribution is 7.91. The first-order valence-corrected chi connectivity index (χ1v) is 7.98. The molecule has 1 saturated heterocycles. The molecular formula is C11H14N2O7S. The highest BCUT2D eigenvalue weighted by Gasteiger charge is 2.33. The standard InChI is InChI=1S/C11H14N2O7S/c14-11(15)5-8-7-21(18,19)4-3-12(8)6-9-1-2-10(20-9)13(16)17/h1-2,8H,3-7H2,(H,14,15). The maximum Gasteiger partial charge on any atom is 0.433 e. The summed E-state index contributed by atoms with van der Waals surface area (Å²) >= 11 is 0. The third-order valence-electron chi connectivity index (χ3n) is 3.25. The zero-order valence-corrected chi connectivity index (χ0v) is 11.8. The normalized spacial score (nSPS) is 22.0. The molecule has 10 heteroatoms. The van der Waals surface area contributed by atoms with E-state index in [1.165, 1.54) is 12.1 Å². The third-order valence-corrected chi connectivity index (χ3v) is 4.95. The van der Waals surface area contributed by atoms with Crippen molar-refractivity contribution in [3.05, 3.63) is 28.0 Å². The van der Waals surface area contributed by atoms with Crippen LogP contribution in [0.25, 0.3) is 0 Å². The van der Waals surface area contributed by atoms with E-state index in [-0.39, 0.29) is 31.0 Å². The first-order valence-electron chi connectivity index (χ1n) is 6.16. The number of nitrogens with zero attached hydrogens (tertiary/aromatic N) is 2. The Bertz CT molecular complexity index is 651. The average Bonchev–Trinajstić information content (AvgIpc) is 2.80. The van der Waals surface area contributed by atoms with Crippen LogP contribution in [0, 0.1) is 10.1 Å². The third kappa shape index (κ3) is 4.02. The van der Waals surface area contributed by atoms with Crippen molar-refractivity contribution in [2.45, 2.75) is 19.0 Å². The van der Waals surface area contributed by atoms with E-state index in [1.807, 2.05) is 0 Å². The predicted molar refractivity (Wildman–Crippen MR) is 70.5 cm³/mol. The van der Waals surface area contributed by atoms with E-state index in [4.69, 9.17) is 9.52 Å². The molecule has 1 aromatic heterocycles. The van der Waals surface area contributed by atoms with Gasteiger partial charge >= 0.3 is 11.9 Å². The van der Waals surface area contributed by atoms with Crippen molar-refractivity contribution in [3.63, 3.8) is 0 Å². The average molecular weight is 318 g/mol. The number of rotatable bonds is 5. The van der Waals surface area contributed by atoms with Gasteiger partial charge in [-0.3, -0.25) is 19.8 Å². The van der Waals surface area contributed by atoms with Gasteiger partial charge in [0.1, 0.15) is 10.7 Å². The molecule has 0 saturated carbocycles. The molecule has 1 aromatic rings. The fraction of sp³-hybridized carbons (Fsp3) is 0.545. The SMILES string of the molecule is O=C(O)CC1CS(=O)(=O)CCN1Cc1ccc([N+](=O)[O-])o1. The van der Waals surface area contributed by atoms with Crippen LogP contribution in [-0.2, 0) is 21.2 Å². The monoisotopic (exact) mass is 318 g/mol. The van der Waals surface area contributed by atoms with Crippen molar-refractivity contribution in [1.29, 1.82) is 0 Å². The fourth-order valence-corrected chi connectivity index (χ4v) is 3.86. The van der Waals surface area contributed by atoms with E-state index in [9.17, 15) is 23.3 Å². The van der Waals surface area contributed by atoms with E-state index in [2.05, 4.69) is 0 Å². The Morgan fingerprint density at radius 1 is 1.52 bits per heavy atom. The Morgan fingerprint density at radius 3 is 2.81 bits per heavy atom. The van der Waals surface area contributed by atoms with E-state index in [0.29, 0.717) is 5.76 Å². The highest BCUT2D eigenvalue weighted by atomic mass is 32.2. The van der Waals surface area contributed by atoms with Gasteiger partial charge in [0.25, 0.3) is 0 Å². The zero-order valence-electron chi connectivity index (χ0n) is 11.0. The van der Waals surface area contributed by atoms with Crippen LogP contribution in [0.1, 0.15) is 12.2 Å². The van der Waals surface area contributed by atoms with Crippen molar-refractivity contribution in [2.24, 2.45) is 0 Å². The Morgan fingerprint density at radius 2 is 2.24 bits per heavy atom. The lowest BCUT2D eigenvalue weighted by molar-refractivity contribution is -0.402. The van der Waals surface area contributed by atoms with Crippen LogP contribution < -0.4 is 0 Å². The summed E-state index contributed by atoms with van der Waals surface area (Å²) in [6, 6.07) is 1.98. The number of carboxylic acid groups (broad SMARTS) is 1. The maximum absolute atomic E-state index is 11.6. The van der Waals surface area contributed by atoms with Crippen LogP contribution in [-0.4, -0.2) is 53.4 Å². The van der Waals surface area contributed by atoms with Gasteiger partial charge in [-0.15, -0.1) is 0 Å². The lowest BCUT2D eigenvalue weighted by Gasteiger charge is -2.33. The van der Waals surface area contributed by atoms with Gasteiger partial charge in [-0.25, -0.2) is 8.42 Å². The van der Waals surface area contributed by atoms with Gasteiger partial charge in [-0.05, 0) is 6.07 Å². The molecule has 2 heterocycles. The summed E-state index contributed by atoms with van der Waals surface area (Å²) in [5.74, 6) is -1.48. The number of hydrogen-bond acceptors (Lipinski definition) is 7. The minimum Gasteiger partial charge on any atom is -0.481 e. The molecule has 0 aliphatic carbocycles. The highest BCUT2D eigenvalue weighted by Crippen LogP contribution is 2.21. The Labute approximate surface area is 120 Å². The molecule has 1 fully saturated rings. The first-order chi connectivity index (χ1) is 9.77. The van der Waals surface area contributed by atoms with Crippen molar-refractivity contribution in [3.8, 4) is 0 Å². The molecule has 1 aliphatic heterocycles. The molecule has 1 unspecified atom stereocenters. The van der Waals surface area contributed by atoms with Crippen LogP contribution in [0.3, 0.4) is 0 Å². The second-order valence-corrected chi connectivity index (χ2v) is 7.06. The van der Waals surface area contributed by atoms with Crippen molar-refractivity contribution in [2.75, 3.05) is 18.1 Å². The lowest BCUT2D eigenvalue weighted by Crippen LogP contribution is -2.48. The molecule has 1 atom stereocenters. The summed E-state index contributed by atoms with van der Waals surface area (Å²) in [5, 5.41) is 19.4. The Balaban J connectivity index is 2.11. The molecule has 2 rings (SSSR count). The van der Waals surface area contributed by atoms with Gasteiger partial charge in [0.05, 0.1) is 30.5 Å². The molecule has 0 amide bonds. The summed E-state index contributed by atoms with van der Waals surface area (Å²) < 4.78 is 28.2. The maximum atomic E-state index is 11.6. The summed E-state index contributed by atoms with van der Waals surface area (Å²) in [6.07, 6.45) is -0.304. The number of nitro groups is 1. The van der Waals surface area contributed by atoms with E-state index < -0.39 is 32.7 Å². The van der Waals surface area contributed by atoms with Crippen LogP contribution in [0.4, 0.5) is 5.88 Å². The second-order valence-electron chi connectivity index (χ2n) is 4.83. The number of carbonyl (C=O) groups is 1. The molecule has 9 nitrogen and oxygen atoms in total. The molecule has 21 heavy (non-hydrogen) atoms. The number of furan rings is 1. The molecule has 1 N–H and O–H groups in total. The van der Waals surface area contributed by atoms with Gasteiger partial charge in [0.15, 0.2) is 9.84 Å². The lowest BCUT2D eigenvalue weighted by atomic mass is 10.2. The van der Waals surface area contributed by atoms with Crippen molar-refractivity contribution >= 4 is 21.7 Å². The Kier molecular flexibility index (Phi) is 4.28. The predicted octanol–water partition coefficient (Wildman–Crippen LogP) is 0.262. The summed E-state index contributed by atoms with van der Waals surface area (Å²) in [4.78, 5) is 22.4. The largest absolute Gasteiger partial charge is 0.481 e. The van der Waals surface area contributed by atoms with Gasteiger partial charge in [-0.1, -0.05) is 0 Å².